The van der Waals surface area contributed by atoms with Crippen LogP contribution in [0.15, 0.2) is 30.9 Å². The normalized spacial score (nSPS) is 11.4. The summed E-state index contributed by atoms with van der Waals surface area (Å²) in [6, 6.07) is 6.54. The molecule has 1 aromatic heterocycles. The molecule has 0 aliphatic heterocycles. The molecular formula is C15H17N. The van der Waals surface area contributed by atoms with Crippen LogP contribution in [0.25, 0.3) is 23.1 Å². The first-order valence-electron chi connectivity index (χ1n) is 5.53. The Morgan fingerprint density at radius 2 is 2.06 bits per heavy atom. The summed E-state index contributed by atoms with van der Waals surface area (Å²) in [4.78, 5) is 0. The second kappa shape index (κ2) is 4.01. The first-order valence-corrected chi connectivity index (χ1v) is 5.53. The highest BCUT2D eigenvalue weighted by Gasteiger charge is 2.09. The molecule has 0 fully saturated rings. The van der Waals surface area contributed by atoms with E-state index in [9.17, 15) is 0 Å². The van der Waals surface area contributed by atoms with Gasteiger partial charge in [-0.25, -0.2) is 0 Å². The summed E-state index contributed by atoms with van der Waals surface area (Å²) in [7, 11) is 2.10. The summed E-state index contributed by atoms with van der Waals surface area (Å²) < 4.78 is 2.22. The van der Waals surface area contributed by atoms with Crippen molar-refractivity contribution in [1.82, 2.24) is 4.57 Å². The molecule has 16 heavy (non-hydrogen) atoms. The van der Waals surface area contributed by atoms with Gasteiger partial charge >= 0.3 is 0 Å². The third-order valence-electron chi connectivity index (χ3n) is 2.97. The van der Waals surface area contributed by atoms with Crippen LogP contribution in [0.3, 0.4) is 0 Å². The van der Waals surface area contributed by atoms with Crippen LogP contribution < -0.4 is 0 Å². The third-order valence-corrected chi connectivity index (χ3v) is 2.97. The minimum absolute atomic E-state index is 1.22. The van der Waals surface area contributed by atoms with Crippen molar-refractivity contribution >= 4 is 23.1 Å². The molecular weight excluding hydrogens is 194 g/mol. The fourth-order valence-electron chi connectivity index (χ4n) is 2.17. The van der Waals surface area contributed by atoms with E-state index in [1.807, 2.05) is 13.0 Å². The van der Waals surface area contributed by atoms with Gasteiger partial charge in [0, 0.05) is 29.2 Å². The van der Waals surface area contributed by atoms with Gasteiger partial charge in [-0.1, -0.05) is 30.9 Å². The SMILES string of the molecule is C=Cc1c(/C=C/C)n(C)c2cc(C)ccc12. The lowest BCUT2D eigenvalue weighted by molar-refractivity contribution is 0.952. The first-order chi connectivity index (χ1) is 7.69. The number of benzene rings is 1. The third kappa shape index (κ3) is 1.49. The molecule has 1 nitrogen and oxygen atoms in total. The highest BCUT2D eigenvalue weighted by Crippen LogP contribution is 2.28. The standard InChI is InChI=1S/C15H17N/c1-5-7-14-12(6-2)13-9-8-11(3)10-15(13)16(14)4/h5-10H,2H2,1,3-4H3/b7-5+. The van der Waals surface area contributed by atoms with Crippen molar-refractivity contribution < 1.29 is 0 Å². The van der Waals surface area contributed by atoms with E-state index in [2.05, 4.69) is 55.5 Å². The molecule has 0 aliphatic carbocycles. The van der Waals surface area contributed by atoms with Gasteiger partial charge in [0.15, 0.2) is 0 Å². The van der Waals surface area contributed by atoms with Crippen LogP contribution in [0.2, 0.25) is 0 Å². The Morgan fingerprint density at radius 3 is 2.69 bits per heavy atom. The monoisotopic (exact) mass is 211 g/mol. The summed E-state index contributed by atoms with van der Waals surface area (Å²) >= 11 is 0. The van der Waals surface area contributed by atoms with E-state index in [4.69, 9.17) is 0 Å². The first kappa shape index (κ1) is 10.7. The zero-order valence-electron chi connectivity index (χ0n) is 10.1. The van der Waals surface area contributed by atoms with Gasteiger partial charge in [-0.3, -0.25) is 0 Å². The van der Waals surface area contributed by atoms with Crippen molar-refractivity contribution in [2.45, 2.75) is 13.8 Å². The molecule has 1 aromatic carbocycles. The van der Waals surface area contributed by atoms with Gasteiger partial charge in [0.25, 0.3) is 0 Å². The Balaban J connectivity index is 2.90. The maximum atomic E-state index is 3.91. The van der Waals surface area contributed by atoms with E-state index in [0.717, 1.165) is 0 Å². The topological polar surface area (TPSA) is 4.93 Å². The van der Waals surface area contributed by atoms with Crippen LogP contribution in [-0.4, -0.2) is 4.57 Å². The summed E-state index contributed by atoms with van der Waals surface area (Å²) in [5.74, 6) is 0. The summed E-state index contributed by atoms with van der Waals surface area (Å²) in [6.07, 6.45) is 6.13. The van der Waals surface area contributed by atoms with E-state index in [1.54, 1.807) is 0 Å². The fourth-order valence-corrected chi connectivity index (χ4v) is 2.17. The van der Waals surface area contributed by atoms with Crippen molar-refractivity contribution in [3.05, 3.63) is 47.7 Å². The summed E-state index contributed by atoms with van der Waals surface area (Å²) in [5.41, 5.74) is 4.99. The maximum absolute atomic E-state index is 3.91. The Morgan fingerprint density at radius 1 is 1.31 bits per heavy atom. The second-order valence-corrected chi connectivity index (χ2v) is 4.08. The van der Waals surface area contributed by atoms with E-state index < -0.39 is 0 Å². The lowest BCUT2D eigenvalue weighted by atomic mass is 10.1. The molecule has 0 aliphatic rings. The highest BCUT2D eigenvalue weighted by molar-refractivity contribution is 5.94. The Labute approximate surface area is 96.7 Å². The second-order valence-electron chi connectivity index (χ2n) is 4.08. The van der Waals surface area contributed by atoms with E-state index in [0.29, 0.717) is 0 Å². The molecule has 0 bridgehead atoms. The number of nitrogens with zero attached hydrogens (tertiary/aromatic N) is 1. The van der Waals surface area contributed by atoms with Gasteiger partial charge in [0.05, 0.1) is 0 Å². The molecule has 0 amide bonds. The van der Waals surface area contributed by atoms with Crippen LogP contribution in [0.1, 0.15) is 23.7 Å². The van der Waals surface area contributed by atoms with Gasteiger partial charge in [0.2, 0.25) is 0 Å². The number of aromatic nitrogens is 1. The van der Waals surface area contributed by atoms with Gasteiger partial charge < -0.3 is 4.57 Å². The van der Waals surface area contributed by atoms with Crippen molar-refractivity contribution in [3.8, 4) is 0 Å². The van der Waals surface area contributed by atoms with Crippen LogP contribution >= 0.6 is 0 Å². The van der Waals surface area contributed by atoms with Gasteiger partial charge in [-0.05, 0) is 31.6 Å². The molecule has 2 rings (SSSR count). The molecule has 1 heterocycles. The molecule has 0 N–H and O–H groups in total. The molecule has 0 radical (unpaired) electrons. The average Bonchev–Trinajstić information content (AvgIpc) is 2.53. The fraction of sp³-hybridized carbons (Fsp3) is 0.200. The summed E-state index contributed by atoms with van der Waals surface area (Å²) in [6.45, 7) is 8.07. The van der Waals surface area contributed by atoms with Crippen LogP contribution in [-0.2, 0) is 7.05 Å². The van der Waals surface area contributed by atoms with Crippen LogP contribution in [0.4, 0.5) is 0 Å². The highest BCUT2D eigenvalue weighted by atomic mass is 14.9. The van der Waals surface area contributed by atoms with Crippen molar-refractivity contribution in [3.63, 3.8) is 0 Å². The molecule has 0 saturated heterocycles. The predicted molar refractivity (Wildman–Crippen MR) is 72.5 cm³/mol. The van der Waals surface area contributed by atoms with Gasteiger partial charge in [-0.2, -0.15) is 0 Å². The molecule has 2 aromatic rings. The van der Waals surface area contributed by atoms with Crippen LogP contribution in [0, 0.1) is 6.92 Å². The summed E-state index contributed by atoms with van der Waals surface area (Å²) in [5, 5.41) is 1.27. The van der Waals surface area contributed by atoms with E-state index in [1.165, 1.54) is 27.7 Å². The Bertz CT molecular complexity index is 571. The zero-order chi connectivity index (χ0) is 11.7. The van der Waals surface area contributed by atoms with Crippen molar-refractivity contribution in [1.29, 1.82) is 0 Å². The number of hydrogen-bond donors (Lipinski definition) is 0. The number of rotatable bonds is 2. The van der Waals surface area contributed by atoms with Gasteiger partial charge in [-0.15, -0.1) is 0 Å². The number of fused-ring (bicyclic) bond motifs is 1. The van der Waals surface area contributed by atoms with Crippen molar-refractivity contribution in [2.24, 2.45) is 7.05 Å². The predicted octanol–water partition coefficient (Wildman–Crippen LogP) is 4.16. The van der Waals surface area contributed by atoms with E-state index >= 15 is 0 Å². The maximum Gasteiger partial charge on any atom is 0.0491 e. The number of hydrogen-bond acceptors (Lipinski definition) is 0. The molecule has 0 unspecified atom stereocenters. The van der Waals surface area contributed by atoms with E-state index in [-0.39, 0.29) is 0 Å². The molecule has 82 valence electrons. The number of allylic oxidation sites excluding steroid dienone is 1. The average molecular weight is 211 g/mol. The minimum Gasteiger partial charge on any atom is -0.344 e. The quantitative estimate of drug-likeness (QED) is 0.702. The largest absolute Gasteiger partial charge is 0.344 e. The molecule has 0 atom stereocenters. The minimum atomic E-state index is 1.22. The Kier molecular flexibility index (Phi) is 2.69. The Hall–Kier alpha value is -1.76. The lowest BCUT2D eigenvalue weighted by Gasteiger charge is -2.00. The molecule has 1 heteroatoms. The zero-order valence-corrected chi connectivity index (χ0v) is 10.1. The smallest absolute Gasteiger partial charge is 0.0491 e. The molecule has 0 spiro atoms. The molecule has 0 saturated carbocycles. The van der Waals surface area contributed by atoms with Crippen LogP contribution in [0.5, 0.6) is 0 Å². The van der Waals surface area contributed by atoms with Gasteiger partial charge in [0.1, 0.15) is 0 Å². The number of aryl methyl sites for hydroxylation is 2. The van der Waals surface area contributed by atoms with Crippen molar-refractivity contribution in [2.75, 3.05) is 0 Å². The lowest BCUT2D eigenvalue weighted by Crippen LogP contribution is -1.90.